The molecule has 3 N–H and O–H groups in total. The number of hydrogen-bond acceptors (Lipinski definition) is 5. The molecular formula is C22H25N2O4S+. The molecule has 6 nitrogen and oxygen atoms in total. The molecular weight excluding hydrogens is 388 g/mol. The van der Waals surface area contributed by atoms with Crippen molar-refractivity contribution >= 4 is 28.2 Å². The molecule has 0 fully saturated rings. The van der Waals surface area contributed by atoms with Crippen LogP contribution in [0.5, 0.6) is 0 Å². The summed E-state index contributed by atoms with van der Waals surface area (Å²) in [6.45, 7) is 6.16. The Labute approximate surface area is 173 Å². The van der Waals surface area contributed by atoms with Crippen LogP contribution in [0, 0.1) is 6.92 Å². The second-order valence-electron chi connectivity index (χ2n) is 6.62. The van der Waals surface area contributed by atoms with Crippen molar-refractivity contribution in [2.24, 2.45) is 0 Å². The van der Waals surface area contributed by atoms with Crippen LogP contribution in [-0.2, 0) is 9.53 Å². The van der Waals surface area contributed by atoms with Gasteiger partial charge < -0.3 is 19.8 Å². The van der Waals surface area contributed by atoms with Gasteiger partial charge in [-0.05, 0) is 38.5 Å². The zero-order chi connectivity index (χ0) is 20.8. The third kappa shape index (κ3) is 4.93. The number of benzene rings is 1. The van der Waals surface area contributed by atoms with Crippen LogP contribution < -0.4 is 10.6 Å². The van der Waals surface area contributed by atoms with Crippen LogP contribution >= 0.6 is 11.3 Å². The molecule has 0 bridgehead atoms. The molecule has 2 heterocycles. The first-order valence-electron chi connectivity index (χ1n) is 9.53. The fraction of sp³-hybridized carbons (Fsp3) is 0.273. The Bertz CT molecular complexity index is 964. The number of hydrogen-bond donors (Lipinski definition) is 2. The first-order valence-corrected chi connectivity index (χ1v) is 10.3. The van der Waals surface area contributed by atoms with E-state index in [-0.39, 0.29) is 25.1 Å². The normalized spacial score (nSPS) is 11.8. The first kappa shape index (κ1) is 20.8. The van der Waals surface area contributed by atoms with Gasteiger partial charge in [0, 0.05) is 10.4 Å². The van der Waals surface area contributed by atoms with Gasteiger partial charge in [-0.1, -0.05) is 30.3 Å². The van der Waals surface area contributed by atoms with Gasteiger partial charge >= 0.3 is 5.97 Å². The van der Waals surface area contributed by atoms with Gasteiger partial charge in [0.2, 0.25) is 0 Å². The Kier molecular flexibility index (Phi) is 6.85. The molecule has 0 aliphatic rings. The van der Waals surface area contributed by atoms with Gasteiger partial charge in [-0.25, -0.2) is 4.79 Å². The maximum Gasteiger partial charge on any atom is 0.341 e. The first-order chi connectivity index (χ1) is 14.0. The molecule has 0 aliphatic carbocycles. The lowest BCUT2D eigenvalue weighted by Crippen LogP contribution is -2.86. The van der Waals surface area contributed by atoms with Gasteiger partial charge in [0.05, 0.1) is 12.9 Å². The van der Waals surface area contributed by atoms with Crippen molar-refractivity contribution in [2.45, 2.75) is 26.8 Å². The van der Waals surface area contributed by atoms with E-state index in [1.54, 1.807) is 13.2 Å². The van der Waals surface area contributed by atoms with Crippen LogP contribution in [0.15, 0.2) is 53.1 Å². The van der Waals surface area contributed by atoms with E-state index < -0.39 is 5.97 Å². The quantitative estimate of drug-likeness (QED) is 0.551. The van der Waals surface area contributed by atoms with E-state index in [1.807, 2.05) is 61.6 Å². The molecule has 0 spiro atoms. The lowest BCUT2D eigenvalue weighted by Gasteiger charge is -2.10. The highest BCUT2D eigenvalue weighted by molar-refractivity contribution is 7.17. The SMILES string of the molecule is CCOC(=O)c1c(NC(=O)C[NH2+][C@H](C)c2ccco2)sc(C)c1-c1ccccc1. The minimum atomic E-state index is -0.432. The number of carbonyl (C=O) groups excluding carboxylic acids is 2. The summed E-state index contributed by atoms with van der Waals surface area (Å²) in [6.07, 6.45) is 1.62. The van der Waals surface area contributed by atoms with Gasteiger partial charge in [-0.2, -0.15) is 0 Å². The number of anilines is 1. The summed E-state index contributed by atoms with van der Waals surface area (Å²) in [5, 5.41) is 5.30. The van der Waals surface area contributed by atoms with Crippen LogP contribution in [0.1, 0.15) is 40.9 Å². The highest BCUT2D eigenvalue weighted by atomic mass is 32.1. The van der Waals surface area contributed by atoms with Crippen LogP contribution in [0.25, 0.3) is 11.1 Å². The van der Waals surface area contributed by atoms with Crippen molar-refractivity contribution in [1.29, 1.82) is 0 Å². The Hall–Kier alpha value is -2.90. The molecule has 1 amide bonds. The van der Waals surface area contributed by atoms with Crippen LogP contribution in [0.3, 0.4) is 0 Å². The summed E-state index contributed by atoms with van der Waals surface area (Å²) in [5.41, 5.74) is 2.13. The maximum absolute atomic E-state index is 12.7. The van der Waals surface area contributed by atoms with E-state index in [1.165, 1.54) is 11.3 Å². The summed E-state index contributed by atoms with van der Waals surface area (Å²) in [7, 11) is 0. The molecule has 0 aliphatic heterocycles. The van der Waals surface area contributed by atoms with Gasteiger partial charge in [-0.15, -0.1) is 11.3 Å². The highest BCUT2D eigenvalue weighted by Gasteiger charge is 2.26. The number of ether oxygens (including phenoxy) is 1. The monoisotopic (exact) mass is 413 g/mol. The number of amides is 1. The average molecular weight is 414 g/mol. The number of furan rings is 1. The number of nitrogens with one attached hydrogen (secondary N) is 1. The number of quaternary nitrogens is 1. The predicted molar refractivity (Wildman–Crippen MR) is 113 cm³/mol. The summed E-state index contributed by atoms with van der Waals surface area (Å²) < 4.78 is 10.6. The average Bonchev–Trinajstić information content (AvgIpc) is 3.35. The fourth-order valence-electron chi connectivity index (χ4n) is 3.11. The summed E-state index contributed by atoms with van der Waals surface area (Å²) in [6, 6.07) is 13.4. The number of rotatable bonds is 8. The number of aryl methyl sites for hydroxylation is 1. The molecule has 2 aromatic heterocycles. The molecule has 0 saturated heterocycles. The third-order valence-corrected chi connectivity index (χ3v) is 5.55. The standard InChI is InChI=1S/C22H24N2O4S/c1-4-27-22(26)20-19(16-9-6-5-7-10-16)15(3)29-21(20)24-18(25)13-23-14(2)17-11-8-12-28-17/h5-12,14,23H,4,13H2,1-3H3,(H,24,25)/p+1/t14-/m1/s1. The summed E-state index contributed by atoms with van der Waals surface area (Å²) in [4.78, 5) is 26.2. The Morgan fingerprint density at radius 3 is 2.62 bits per heavy atom. The second kappa shape index (κ2) is 9.54. The van der Waals surface area contributed by atoms with Gasteiger partial charge in [0.1, 0.15) is 16.6 Å². The van der Waals surface area contributed by atoms with E-state index in [0.717, 1.165) is 21.8 Å². The largest absolute Gasteiger partial charge is 0.463 e. The lowest BCUT2D eigenvalue weighted by molar-refractivity contribution is -0.684. The number of thiophene rings is 1. The highest BCUT2D eigenvalue weighted by Crippen LogP contribution is 2.40. The fourth-order valence-corrected chi connectivity index (χ4v) is 4.19. The van der Waals surface area contributed by atoms with Gasteiger partial charge in [-0.3, -0.25) is 4.79 Å². The molecule has 1 aromatic carbocycles. The van der Waals surface area contributed by atoms with E-state index in [9.17, 15) is 9.59 Å². The van der Waals surface area contributed by atoms with Crippen molar-refractivity contribution in [3.8, 4) is 11.1 Å². The van der Waals surface area contributed by atoms with E-state index in [4.69, 9.17) is 9.15 Å². The minimum absolute atomic E-state index is 0.0187. The topological polar surface area (TPSA) is 85.1 Å². The molecule has 3 aromatic rings. The van der Waals surface area contributed by atoms with Crippen LogP contribution in [-0.4, -0.2) is 25.0 Å². The smallest absolute Gasteiger partial charge is 0.341 e. The van der Waals surface area contributed by atoms with Crippen molar-refractivity contribution in [3.05, 3.63) is 64.9 Å². The van der Waals surface area contributed by atoms with Crippen LogP contribution in [0.2, 0.25) is 0 Å². The minimum Gasteiger partial charge on any atom is -0.463 e. The van der Waals surface area contributed by atoms with Gasteiger partial charge in [0.15, 0.2) is 12.3 Å². The lowest BCUT2D eigenvalue weighted by atomic mass is 10.0. The third-order valence-electron chi connectivity index (χ3n) is 4.53. The van der Waals surface area contributed by atoms with Crippen molar-refractivity contribution in [3.63, 3.8) is 0 Å². The number of nitrogens with two attached hydrogens (primary N) is 1. The molecule has 29 heavy (non-hydrogen) atoms. The van der Waals surface area contributed by atoms with Crippen molar-refractivity contribution in [1.82, 2.24) is 0 Å². The number of esters is 1. The zero-order valence-corrected chi connectivity index (χ0v) is 17.5. The Balaban J connectivity index is 1.81. The van der Waals surface area contributed by atoms with Crippen molar-refractivity contribution < 1.29 is 24.1 Å². The predicted octanol–water partition coefficient (Wildman–Crippen LogP) is 3.76. The summed E-state index contributed by atoms with van der Waals surface area (Å²) in [5.74, 6) is 0.192. The number of carbonyl (C=O) groups is 2. The maximum atomic E-state index is 12.7. The van der Waals surface area contributed by atoms with E-state index in [0.29, 0.717) is 10.6 Å². The molecule has 0 radical (unpaired) electrons. The molecule has 152 valence electrons. The van der Waals surface area contributed by atoms with Crippen LogP contribution in [0.4, 0.5) is 5.00 Å². The van der Waals surface area contributed by atoms with Gasteiger partial charge in [0.25, 0.3) is 5.91 Å². The molecule has 0 unspecified atom stereocenters. The summed E-state index contributed by atoms with van der Waals surface area (Å²) >= 11 is 1.39. The Morgan fingerprint density at radius 1 is 1.21 bits per heavy atom. The molecule has 0 saturated carbocycles. The molecule has 1 atom stereocenters. The van der Waals surface area contributed by atoms with E-state index in [2.05, 4.69) is 5.32 Å². The Morgan fingerprint density at radius 2 is 1.97 bits per heavy atom. The van der Waals surface area contributed by atoms with Crippen molar-refractivity contribution in [2.75, 3.05) is 18.5 Å². The molecule has 3 rings (SSSR count). The van der Waals surface area contributed by atoms with E-state index >= 15 is 0 Å². The second-order valence-corrected chi connectivity index (χ2v) is 7.84. The molecule has 7 heteroatoms. The zero-order valence-electron chi connectivity index (χ0n) is 16.7.